The molecule has 0 aromatic heterocycles. The number of carbonyl (C=O) groups is 1. The van der Waals surface area contributed by atoms with Crippen molar-refractivity contribution in [3.05, 3.63) is 110 Å². The highest BCUT2D eigenvalue weighted by Gasteiger charge is 2.22. The maximum atomic E-state index is 11.6. The van der Waals surface area contributed by atoms with Crippen LogP contribution in [0.15, 0.2) is 66.2 Å². The van der Waals surface area contributed by atoms with Gasteiger partial charge in [-0.3, -0.25) is 0 Å². The predicted octanol–water partition coefficient (Wildman–Crippen LogP) is 9.19. The number of halogens is 2. The maximum Gasteiger partial charge on any atom is 0.335 e. The summed E-state index contributed by atoms with van der Waals surface area (Å²) < 4.78 is 0. The van der Waals surface area contributed by atoms with E-state index >= 15 is 0 Å². The van der Waals surface area contributed by atoms with Crippen molar-refractivity contribution in [2.75, 3.05) is 0 Å². The number of allylic oxidation sites excluding steroid dienone is 2. The monoisotopic (exact) mass is 490 g/mol. The fourth-order valence-corrected chi connectivity index (χ4v) is 5.21. The van der Waals surface area contributed by atoms with E-state index in [0.29, 0.717) is 15.6 Å². The Labute approximate surface area is 211 Å². The molecule has 3 aromatic carbocycles. The summed E-state index contributed by atoms with van der Waals surface area (Å²) in [5.41, 5.74) is 9.38. The minimum Gasteiger partial charge on any atom is -0.478 e. The molecule has 0 aliphatic heterocycles. The van der Waals surface area contributed by atoms with Crippen LogP contribution >= 0.6 is 23.2 Å². The van der Waals surface area contributed by atoms with Gasteiger partial charge in [0.15, 0.2) is 0 Å². The van der Waals surface area contributed by atoms with Crippen molar-refractivity contribution in [2.45, 2.75) is 46.0 Å². The van der Waals surface area contributed by atoms with Crippen LogP contribution in [0.4, 0.5) is 0 Å². The molecule has 1 N–H and O–H groups in total. The van der Waals surface area contributed by atoms with Crippen molar-refractivity contribution in [1.82, 2.24) is 0 Å². The molecule has 0 saturated carbocycles. The third kappa shape index (κ3) is 5.14. The van der Waals surface area contributed by atoms with E-state index in [2.05, 4.69) is 44.2 Å². The van der Waals surface area contributed by atoms with E-state index in [-0.39, 0.29) is 0 Å². The molecule has 0 atom stereocenters. The molecular formula is C30H28Cl2O2. The molecule has 0 unspecified atom stereocenters. The lowest BCUT2D eigenvalue weighted by molar-refractivity contribution is 0.0696. The summed E-state index contributed by atoms with van der Waals surface area (Å²) in [5, 5.41) is 10.8. The van der Waals surface area contributed by atoms with Gasteiger partial charge in [-0.05, 0) is 95.3 Å². The van der Waals surface area contributed by atoms with E-state index in [4.69, 9.17) is 23.2 Å². The number of benzene rings is 3. The summed E-state index contributed by atoms with van der Waals surface area (Å²) in [5.74, 6) is -0.905. The third-order valence-electron chi connectivity index (χ3n) is 6.53. The second-order valence-corrected chi connectivity index (χ2v) is 9.48. The van der Waals surface area contributed by atoms with Crippen molar-refractivity contribution in [3.63, 3.8) is 0 Å². The number of carboxylic acid groups (broad SMARTS) is 1. The number of carboxylic acids is 1. The van der Waals surface area contributed by atoms with Crippen molar-refractivity contribution in [3.8, 4) is 0 Å². The topological polar surface area (TPSA) is 37.3 Å². The van der Waals surface area contributed by atoms with Crippen LogP contribution in [0.2, 0.25) is 10.0 Å². The van der Waals surface area contributed by atoms with Crippen LogP contribution in [-0.4, -0.2) is 11.1 Å². The van der Waals surface area contributed by atoms with Gasteiger partial charge in [-0.25, -0.2) is 4.79 Å². The Hall–Kier alpha value is -2.81. The van der Waals surface area contributed by atoms with Crippen LogP contribution in [0.25, 0.3) is 17.2 Å². The van der Waals surface area contributed by atoms with Crippen LogP contribution in [0.3, 0.4) is 0 Å². The first-order valence-corrected chi connectivity index (χ1v) is 12.5. The molecule has 0 saturated heterocycles. The second-order valence-electron chi connectivity index (χ2n) is 8.64. The molecule has 0 fully saturated rings. The molecule has 4 heteroatoms. The number of hydrogen-bond acceptors (Lipinski definition) is 1. The van der Waals surface area contributed by atoms with E-state index in [1.54, 1.807) is 12.1 Å². The summed E-state index contributed by atoms with van der Waals surface area (Å²) in [6, 6.07) is 19.7. The molecular weight excluding hydrogens is 463 g/mol. The number of aryl methyl sites for hydroxylation is 1. The molecule has 0 spiro atoms. The Morgan fingerprint density at radius 2 is 1.62 bits per heavy atom. The van der Waals surface area contributed by atoms with E-state index in [1.165, 1.54) is 11.1 Å². The maximum absolute atomic E-state index is 11.6. The van der Waals surface area contributed by atoms with E-state index in [1.807, 2.05) is 24.3 Å². The zero-order chi connectivity index (χ0) is 24.2. The van der Waals surface area contributed by atoms with Gasteiger partial charge in [-0.15, -0.1) is 0 Å². The first-order valence-electron chi connectivity index (χ1n) is 11.8. The molecule has 1 aliphatic rings. The van der Waals surface area contributed by atoms with Gasteiger partial charge in [-0.1, -0.05) is 85.1 Å². The minimum atomic E-state index is -0.905. The highest BCUT2D eigenvalue weighted by molar-refractivity contribution is 6.36. The first-order chi connectivity index (χ1) is 16.4. The predicted molar refractivity (Wildman–Crippen MR) is 144 cm³/mol. The highest BCUT2D eigenvalue weighted by Crippen LogP contribution is 2.42. The van der Waals surface area contributed by atoms with Gasteiger partial charge in [0.05, 0.1) is 5.56 Å². The Balaban J connectivity index is 1.93. The van der Waals surface area contributed by atoms with E-state index < -0.39 is 5.97 Å². The average Bonchev–Trinajstić information content (AvgIpc) is 3.02. The normalized spacial score (nSPS) is 13.3. The standard InChI is InChI=1S/C30H28Cl2O2/c1-3-19(4-2)16-20-8-10-21(11-9-20)29-25-14-12-23(30(33)34)17-22(25)6-5-7-27(29)26-15-13-24(31)18-28(26)32/h8-18H,3-7H2,1-2H3,(H,33,34). The molecule has 174 valence electrons. The van der Waals surface area contributed by atoms with Gasteiger partial charge in [-0.2, -0.15) is 0 Å². The van der Waals surface area contributed by atoms with Crippen molar-refractivity contribution in [2.24, 2.45) is 0 Å². The Bertz CT molecular complexity index is 1280. The summed E-state index contributed by atoms with van der Waals surface area (Å²) in [7, 11) is 0. The SMILES string of the molecule is CCC(=Cc1ccc(C2=C(c3ccc(Cl)cc3Cl)CCCc3cc(C(=O)O)ccc32)cc1)CC. The molecule has 0 bridgehead atoms. The Morgan fingerprint density at radius 1 is 0.912 bits per heavy atom. The summed E-state index contributed by atoms with van der Waals surface area (Å²) in [6.07, 6.45) is 6.90. The van der Waals surface area contributed by atoms with Crippen LogP contribution in [0.1, 0.15) is 77.7 Å². The number of hydrogen-bond donors (Lipinski definition) is 1. The van der Waals surface area contributed by atoms with Gasteiger partial charge >= 0.3 is 5.97 Å². The number of fused-ring (bicyclic) bond motifs is 1. The zero-order valence-electron chi connectivity index (χ0n) is 19.5. The summed E-state index contributed by atoms with van der Waals surface area (Å²) >= 11 is 12.9. The quantitative estimate of drug-likeness (QED) is 0.373. The highest BCUT2D eigenvalue weighted by atomic mass is 35.5. The number of rotatable bonds is 6. The largest absolute Gasteiger partial charge is 0.478 e. The zero-order valence-corrected chi connectivity index (χ0v) is 21.0. The van der Waals surface area contributed by atoms with Gasteiger partial charge in [0.1, 0.15) is 0 Å². The second kappa shape index (κ2) is 10.6. The Kier molecular flexibility index (Phi) is 7.60. The molecule has 0 amide bonds. The molecule has 34 heavy (non-hydrogen) atoms. The summed E-state index contributed by atoms with van der Waals surface area (Å²) in [6.45, 7) is 4.37. The lowest BCUT2D eigenvalue weighted by atomic mass is 9.87. The van der Waals surface area contributed by atoms with Crippen LogP contribution in [0.5, 0.6) is 0 Å². The Morgan fingerprint density at radius 3 is 2.26 bits per heavy atom. The van der Waals surface area contributed by atoms with Crippen LogP contribution < -0.4 is 0 Å². The van der Waals surface area contributed by atoms with Crippen molar-refractivity contribution < 1.29 is 9.90 Å². The lowest BCUT2D eigenvalue weighted by Crippen LogP contribution is -2.01. The van der Waals surface area contributed by atoms with Gasteiger partial charge in [0, 0.05) is 10.0 Å². The fraction of sp³-hybridized carbons (Fsp3) is 0.233. The molecule has 4 rings (SSSR count). The van der Waals surface area contributed by atoms with E-state index in [0.717, 1.165) is 65.5 Å². The van der Waals surface area contributed by atoms with Crippen LogP contribution in [0, 0.1) is 0 Å². The van der Waals surface area contributed by atoms with E-state index in [9.17, 15) is 9.90 Å². The van der Waals surface area contributed by atoms with Crippen molar-refractivity contribution >= 4 is 46.4 Å². The third-order valence-corrected chi connectivity index (χ3v) is 7.08. The molecule has 0 radical (unpaired) electrons. The summed E-state index contributed by atoms with van der Waals surface area (Å²) in [4.78, 5) is 11.6. The van der Waals surface area contributed by atoms with Crippen molar-refractivity contribution in [1.29, 1.82) is 0 Å². The number of aromatic carboxylic acids is 1. The average molecular weight is 491 g/mol. The molecule has 3 aromatic rings. The molecule has 0 heterocycles. The molecule has 1 aliphatic carbocycles. The molecule has 2 nitrogen and oxygen atoms in total. The smallest absolute Gasteiger partial charge is 0.335 e. The van der Waals surface area contributed by atoms with Crippen LogP contribution in [-0.2, 0) is 6.42 Å². The van der Waals surface area contributed by atoms with Gasteiger partial charge < -0.3 is 5.11 Å². The fourth-order valence-electron chi connectivity index (χ4n) is 4.69. The van der Waals surface area contributed by atoms with Gasteiger partial charge in [0.2, 0.25) is 0 Å². The minimum absolute atomic E-state index is 0.318. The lowest BCUT2D eigenvalue weighted by Gasteiger charge is -2.18. The first kappa shape index (κ1) is 24.3. The van der Waals surface area contributed by atoms with Gasteiger partial charge in [0.25, 0.3) is 0 Å².